The molecule has 0 radical (unpaired) electrons. The van der Waals surface area contributed by atoms with Crippen LogP contribution < -0.4 is 0 Å². The Hall–Kier alpha value is -4.32. The van der Waals surface area contributed by atoms with Gasteiger partial charge in [-0.3, -0.25) is 0 Å². The van der Waals surface area contributed by atoms with Gasteiger partial charge < -0.3 is 14.2 Å². The molecule has 0 spiro atoms. The molecule has 2 saturated heterocycles. The van der Waals surface area contributed by atoms with Crippen LogP contribution in [0.2, 0.25) is 0 Å². The Bertz CT molecular complexity index is 952. The first-order chi connectivity index (χ1) is 18.1. The van der Waals surface area contributed by atoms with Crippen LogP contribution >= 0.6 is 0 Å². The molecule has 2 aliphatic rings. The molecule has 0 aliphatic carbocycles. The van der Waals surface area contributed by atoms with E-state index in [2.05, 4.69) is 91.0 Å². The number of ether oxygens (including phenoxy) is 3. The lowest BCUT2D eigenvalue weighted by molar-refractivity contribution is 0.102. The normalized spacial score (nSPS) is 15.5. The van der Waals surface area contributed by atoms with Crippen molar-refractivity contribution < 1.29 is 28.6 Å². The van der Waals surface area contributed by atoms with Crippen LogP contribution in [0.25, 0.3) is 0 Å². The summed E-state index contributed by atoms with van der Waals surface area (Å²) in [5.41, 5.74) is 4.00. The van der Waals surface area contributed by atoms with E-state index in [0.29, 0.717) is 18.1 Å². The maximum Gasteiger partial charge on any atom is 0.231 e. The molecular weight excluding hydrogens is 474 g/mol. The second-order valence-corrected chi connectivity index (χ2v) is 7.42. The summed E-state index contributed by atoms with van der Waals surface area (Å²) in [6.07, 6.45) is 3.03. The molecule has 37 heavy (non-hydrogen) atoms. The van der Waals surface area contributed by atoms with Crippen LogP contribution in [0.1, 0.15) is 22.6 Å². The van der Waals surface area contributed by atoms with Gasteiger partial charge in [0.1, 0.15) is 12.2 Å². The fourth-order valence-corrected chi connectivity index (χ4v) is 3.17. The van der Waals surface area contributed by atoms with Crippen LogP contribution in [0.15, 0.2) is 91.0 Å². The molecule has 2 aliphatic heterocycles. The minimum Gasteiger partial charge on any atom is -0.376 e. The smallest absolute Gasteiger partial charge is 0.231 e. The van der Waals surface area contributed by atoms with E-state index in [-0.39, 0.29) is 0 Å². The van der Waals surface area contributed by atoms with Gasteiger partial charge in [-0.25, -0.2) is 30.6 Å². The predicted molar refractivity (Wildman–Crippen MR) is 136 cm³/mol. The molecule has 192 valence electrons. The van der Waals surface area contributed by atoms with Crippen LogP contribution in [0.5, 0.6) is 0 Å². The van der Waals surface area contributed by atoms with E-state index in [1.807, 2.05) is 0 Å². The fraction of sp³-hybridized carbons (Fsp3) is 0.250. The van der Waals surface area contributed by atoms with Gasteiger partial charge in [-0.2, -0.15) is 0 Å². The molecule has 0 amide bonds. The van der Waals surface area contributed by atoms with Crippen LogP contribution in [-0.4, -0.2) is 56.9 Å². The Morgan fingerprint density at radius 3 is 1.08 bits per heavy atom. The predicted octanol–water partition coefficient (Wildman–Crippen LogP) is 4.37. The second-order valence-electron chi connectivity index (χ2n) is 7.42. The molecule has 2 heterocycles. The average molecular weight is 504 g/mol. The van der Waals surface area contributed by atoms with Gasteiger partial charge in [0.2, 0.25) is 18.2 Å². The first-order valence-corrected chi connectivity index (χ1v) is 11.2. The van der Waals surface area contributed by atoms with Gasteiger partial charge in [0.15, 0.2) is 0 Å². The minimum atomic E-state index is 0.309. The van der Waals surface area contributed by atoms with Crippen LogP contribution in [0.3, 0.4) is 0 Å². The van der Waals surface area contributed by atoms with Crippen molar-refractivity contribution in [2.45, 2.75) is 18.1 Å². The first-order valence-electron chi connectivity index (χ1n) is 11.2. The van der Waals surface area contributed by atoms with Gasteiger partial charge in [-0.05, 0) is 16.7 Å². The summed E-state index contributed by atoms with van der Waals surface area (Å²) in [5.74, 6) is 0.309. The lowest BCUT2D eigenvalue weighted by Gasteiger charge is -2.18. The van der Waals surface area contributed by atoms with Crippen molar-refractivity contribution in [2.24, 2.45) is 0 Å². The van der Waals surface area contributed by atoms with Crippen molar-refractivity contribution in [1.82, 2.24) is 0 Å². The number of hydrogen-bond donors (Lipinski definition) is 3. The second kappa shape index (κ2) is 19.9. The molecule has 0 bridgehead atoms. The van der Waals surface area contributed by atoms with Gasteiger partial charge in [-0.1, -0.05) is 91.0 Å². The van der Waals surface area contributed by atoms with E-state index in [4.69, 9.17) is 44.8 Å². The summed E-state index contributed by atoms with van der Waals surface area (Å²) in [5, 5.41) is 16.2. The largest absolute Gasteiger partial charge is 0.376 e. The highest BCUT2D eigenvalue weighted by Crippen LogP contribution is 2.31. The molecule has 2 atom stereocenters. The lowest BCUT2D eigenvalue weighted by atomic mass is 9.85. The van der Waals surface area contributed by atoms with Gasteiger partial charge in [0.25, 0.3) is 0 Å². The Kier molecular flexibility index (Phi) is 16.5. The molecule has 3 aromatic carbocycles. The highest BCUT2D eigenvalue weighted by Gasteiger charge is 2.26. The van der Waals surface area contributed by atoms with Gasteiger partial charge in [0.05, 0.1) is 26.4 Å². The molecule has 0 saturated carbocycles. The monoisotopic (exact) mass is 503 g/mol. The standard InChI is InChI=1S/C19H16.C6H10O3.3CHNO/c1-4-10-16(11-5-1)19(17-12-6-2-7-13-17)18-14-8-3-9-15-18;1(5-3-8-5)7-2-6-4-9-6;3*2-1-3/h1-15,19H;5-6H,1-4H2;3*2H. The first kappa shape index (κ1) is 30.7. The molecular formula is C28H29N3O6. The van der Waals surface area contributed by atoms with Crippen LogP contribution in [-0.2, 0) is 28.6 Å². The number of nitrogens with one attached hydrogen (secondary N) is 3. The Morgan fingerprint density at radius 2 is 0.865 bits per heavy atom. The summed E-state index contributed by atoms with van der Waals surface area (Å²) in [4.78, 5) is 25.0. The molecule has 2 unspecified atom stereocenters. The summed E-state index contributed by atoms with van der Waals surface area (Å²) >= 11 is 0. The SMILES string of the molecule is C(OCC1CO1)C1CO1.N=C=O.N=C=O.N=C=O.c1ccc(C(c2ccccc2)c2ccccc2)cc1. The summed E-state index contributed by atoms with van der Waals surface area (Å²) < 4.78 is 15.1. The zero-order chi connectivity index (χ0) is 27.1. The van der Waals surface area contributed by atoms with E-state index in [1.165, 1.54) is 16.7 Å². The number of isocyanates is 3. The van der Waals surface area contributed by atoms with E-state index in [1.54, 1.807) is 0 Å². The molecule has 5 rings (SSSR count). The number of hydrogen-bond acceptors (Lipinski definition) is 9. The third kappa shape index (κ3) is 14.6. The number of carbonyl (C=O) groups excluding carboxylic acids is 3. The zero-order valence-electron chi connectivity index (χ0n) is 20.2. The quantitative estimate of drug-likeness (QED) is 0.188. The Morgan fingerprint density at radius 1 is 0.622 bits per heavy atom. The summed E-state index contributed by atoms with van der Waals surface area (Å²) in [6, 6.07) is 32.0. The lowest BCUT2D eigenvalue weighted by Crippen LogP contribution is -2.06. The fourth-order valence-electron chi connectivity index (χ4n) is 3.17. The van der Waals surface area contributed by atoms with Gasteiger partial charge >= 0.3 is 0 Å². The molecule has 9 nitrogen and oxygen atoms in total. The molecule has 0 aromatic heterocycles. The van der Waals surface area contributed by atoms with Crippen molar-refractivity contribution in [3.63, 3.8) is 0 Å². The minimum absolute atomic E-state index is 0.309. The summed E-state index contributed by atoms with van der Waals surface area (Å²) in [6.45, 7) is 3.26. The Balaban J connectivity index is 0.000000315. The van der Waals surface area contributed by atoms with Crippen molar-refractivity contribution in [2.75, 3.05) is 26.4 Å². The van der Waals surface area contributed by atoms with Crippen LogP contribution in [0.4, 0.5) is 0 Å². The average Bonchev–Trinajstić information content (AvgIpc) is 3.85. The molecule has 3 aromatic rings. The number of benzene rings is 3. The van der Waals surface area contributed by atoms with E-state index < -0.39 is 0 Å². The van der Waals surface area contributed by atoms with Crippen LogP contribution in [0, 0.1) is 16.2 Å². The highest BCUT2D eigenvalue weighted by atomic mass is 16.6. The Labute approximate surface area is 215 Å². The van der Waals surface area contributed by atoms with E-state index in [9.17, 15) is 0 Å². The number of rotatable bonds is 7. The van der Waals surface area contributed by atoms with Crippen molar-refractivity contribution in [3.8, 4) is 0 Å². The van der Waals surface area contributed by atoms with E-state index >= 15 is 0 Å². The van der Waals surface area contributed by atoms with Gasteiger partial charge in [-0.15, -0.1) is 0 Å². The number of epoxide rings is 2. The van der Waals surface area contributed by atoms with Crippen molar-refractivity contribution in [1.29, 1.82) is 16.2 Å². The van der Waals surface area contributed by atoms with Gasteiger partial charge in [0, 0.05) is 5.92 Å². The molecule has 2 fully saturated rings. The topological polar surface area (TPSA) is 157 Å². The molecule has 9 heteroatoms. The van der Waals surface area contributed by atoms with Crippen molar-refractivity contribution in [3.05, 3.63) is 108 Å². The maximum atomic E-state index is 8.35. The maximum absolute atomic E-state index is 8.35. The van der Waals surface area contributed by atoms with Crippen molar-refractivity contribution >= 4 is 18.2 Å². The molecule has 3 N–H and O–H groups in total. The van der Waals surface area contributed by atoms with E-state index in [0.717, 1.165) is 44.7 Å². The zero-order valence-corrected chi connectivity index (χ0v) is 20.2. The third-order valence-corrected chi connectivity index (χ3v) is 4.81. The highest BCUT2D eigenvalue weighted by molar-refractivity contribution is 5.42. The summed E-state index contributed by atoms with van der Waals surface area (Å²) in [7, 11) is 0. The third-order valence-electron chi connectivity index (χ3n) is 4.81.